The number of halogens is 2. The summed E-state index contributed by atoms with van der Waals surface area (Å²) in [6.45, 7) is 1.17. The number of nitrogens with one attached hydrogen (secondary N) is 1. The third-order valence-corrected chi connectivity index (χ3v) is 4.19. The summed E-state index contributed by atoms with van der Waals surface area (Å²) in [6, 6.07) is 3.09. The van der Waals surface area contributed by atoms with E-state index in [1.54, 1.807) is 6.07 Å². The van der Waals surface area contributed by atoms with E-state index >= 15 is 0 Å². The third kappa shape index (κ3) is 5.38. The zero-order chi connectivity index (χ0) is 15.3. The van der Waals surface area contributed by atoms with Gasteiger partial charge in [-0.15, -0.1) is 0 Å². The van der Waals surface area contributed by atoms with Gasteiger partial charge in [-0.1, -0.05) is 22.0 Å². The van der Waals surface area contributed by atoms with Gasteiger partial charge in [-0.3, -0.25) is 9.00 Å². The largest absolute Gasteiger partial charge is 0.480 e. The quantitative estimate of drug-likeness (QED) is 0.798. The number of carbonyl (C=O) groups is 2. The van der Waals surface area contributed by atoms with E-state index < -0.39 is 34.5 Å². The maximum Gasteiger partial charge on any atom is 0.327 e. The zero-order valence-corrected chi connectivity index (χ0v) is 13.0. The van der Waals surface area contributed by atoms with Gasteiger partial charge >= 0.3 is 5.97 Å². The van der Waals surface area contributed by atoms with E-state index in [4.69, 9.17) is 5.11 Å². The molecule has 110 valence electrons. The molecule has 2 unspecified atom stereocenters. The number of carbonyl (C=O) groups excluding carboxylic acids is 1. The summed E-state index contributed by atoms with van der Waals surface area (Å²) in [4.78, 5) is 21.8. The molecule has 0 fully saturated rings. The van der Waals surface area contributed by atoms with Crippen LogP contribution in [0, 0.1) is 5.82 Å². The fourth-order valence-electron chi connectivity index (χ4n) is 1.48. The summed E-state index contributed by atoms with van der Waals surface area (Å²) in [6.07, 6.45) is 0. The van der Waals surface area contributed by atoms with Crippen molar-refractivity contribution in [2.75, 3.05) is 5.75 Å². The SMILES string of the molecule is CC(=O)NC(CS(=O)Cc1ccc(Br)cc1F)C(=O)O. The first-order chi connectivity index (χ1) is 9.29. The number of benzene rings is 1. The second kappa shape index (κ2) is 7.49. The molecule has 1 aromatic rings. The van der Waals surface area contributed by atoms with Crippen LogP contribution in [0.25, 0.3) is 0 Å². The summed E-state index contributed by atoms with van der Waals surface area (Å²) < 4.78 is 26.0. The number of hydrogen-bond acceptors (Lipinski definition) is 3. The number of carboxylic acid groups (broad SMARTS) is 1. The van der Waals surface area contributed by atoms with Crippen molar-refractivity contribution in [3.8, 4) is 0 Å². The topological polar surface area (TPSA) is 83.5 Å². The molecule has 0 aliphatic carbocycles. The molecule has 1 rings (SSSR count). The first kappa shape index (κ1) is 16.8. The van der Waals surface area contributed by atoms with Crippen LogP contribution in [-0.4, -0.2) is 33.0 Å². The summed E-state index contributed by atoms with van der Waals surface area (Å²) in [5.74, 6) is -2.69. The van der Waals surface area contributed by atoms with Gasteiger partial charge in [0.25, 0.3) is 0 Å². The highest BCUT2D eigenvalue weighted by Gasteiger charge is 2.21. The molecule has 1 amide bonds. The Kier molecular flexibility index (Phi) is 6.28. The number of amides is 1. The monoisotopic (exact) mass is 365 g/mol. The Bertz CT molecular complexity index is 552. The van der Waals surface area contributed by atoms with Crippen molar-refractivity contribution in [3.05, 3.63) is 34.1 Å². The Balaban J connectivity index is 2.70. The molecule has 0 aromatic heterocycles. The molecule has 1 aromatic carbocycles. The lowest BCUT2D eigenvalue weighted by Gasteiger charge is -2.13. The van der Waals surface area contributed by atoms with Crippen molar-refractivity contribution >= 4 is 38.6 Å². The smallest absolute Gasteiger partial charge is 0.327 e. The van der Waals surface area contributed by atoms with Crippen molar-refractivity contribution in [3.63, 3.8) is 0 Å². The molecule has 2 atom stereocenters. The van der Waals surface area contributed by atoms with Gasteiger partial charge in [0.2, 0.25) is 5.91 Å². The molecule has 0 aliphatic heterocycles. The lowest BCUT2D eigenvalue weighted by Crippen LogP contribution is -2.43. The van der Waals surface area contributed by atoms with Gasteiger partial charge in [-0.05, 0) is 12.1 Å². The normalized spacial score (nSPS) is 13.6. The van der Waals surface area contributed by atoms with Crippen LogP contribution in [0.4, 0.5) is 4.39 Å². The summed E-state index contributed by atoms with van der Waals surface area (Å²) in [5.41, 5.74) is 0.235. The predicted molar refractivity (Wildman–Crippen MR) is 76.1 cm³/mol. The predicted octanol–water partition coefficient (Wildman–Crippen LogP) is 1.43. The number of rotatable bonds is 6. The lowest BCUT2D eigenvalue weighted by atomic mass is 10.2. The minimum atomic E-state index is -1.61. The van der Waals surface area contributed by atoms with E-state index in [-0.39, 0.29) is 17.1 Å². The fraction of sp³-hybridized carbons (Fsp3) is 0.333. The van der Waals surface area contributed by atoms with Crippen LogP contribution in [0.2, 0.25) is 0 Å². The van der Waals surface area contributed by atoms with E-state index in [1.165, 1.54) is 19.1 Å². The highest BCUT2D eigenvalue weighted by Crippen LogP contribution is 2.16. The summed E-state index contributed by atoms with van der Waals surface area (Å²) in [7, 11) is -1.61. The average molecular weight is 366 g/mol. The maximum absolute atomic E-state index is 13.6. The zero-order valence-electron chi connectivity index (χ0n) is 10.6. The van der Waals surface area contributed by atoms with Gasteiger partial charge in [0.05, 0.1) is 11.5 Å². The first-order valence-corrected chi connectivity index (χ1v) is 7.86. The van der Waals surface area contributed by atoms with Crippen molar-refractivity contribution in [1.29, 1.82) is 0 Å². The van der Waals surface area contributed by atoms with E-state index in [2.05, 4.69) is 21.2 Å². The number of hydrogen-bond donors (Lipinski definition) is 2. The molecular weight excluding hydrogens is 353 g/mol. The fourth-order valence-corrected chi connectivity index (χ4v) is 3.11. The van der Waals surface area contributed by atoms with Crippen molar-refractivity contribution in [2.45, 2.75) is 18.7 Å². The van der Waals surface area contributed by atoms with Gasteiger partial charge in [-0.25, -0.2) is 9.18 Å². The molecule has 0 spiro atoms. The average Bonchev–Trinajstić information content (AvgIpc) is 2.31. The van der Waals surface area contributed by atoms with Crippen LogP contribution in [0.3, 0.4) is 0 Å². The Morgan fingerprint density at radius 2 is 2.15 bits per heavy atom. The van der Waals surface area contributed by atoms with E-state index in [0.29, 0.717) is 4.47 Å². The summed E-state index contributed by atoms with van der Waals surface area (Å²) in [5, 5.41) is 11.1. The summed E-state index contributed by atoms with van der Waals surface area (Å²) >= 11 is 3.11. The maximum atomic E-state index is 13.6. The van der Waals surface area contributed by atoms with Crippen molar-refractivity contribution in [1.82, 2.24) is 5.32 Å². The molecule has 0 heterocycles. The van der Waals surface area contributed by atoms with Gasteiger partial charge < -0.3 is 10.4 Å². The highest BCUT2D eigenvalue weighted by atomic mass is 79.9. The molecule has 8 heteroatoms. The number of carboxylic acids is 1. The Hall–Kier alpha value is -1.28. The standard InChI is InChI=1S/C12H13BrFNO4S/c1-7(16)15-11(12(17)18)6-20(19)5-8-2-3-9(13)4-10(8)14/h2-4,11H,5-6H2,1H3,(H,15,16)(H,17,18). The van der Waals surface area contributed by atoms with Gasteiger partial charge in [0.1, 0.15) is 11.9 Å². The molecule has 0 saturated carbocycles. The Morgan fingerprint density at radius 3 is 2.65 bits per heavy atom. The molecule has 20 heavy (non-hydrogen) atoms. The second-order valence-corrected chi connectivity index (χ2v) is 6.50. The molecule has 0 saturated heterocycles. The van der Waals surface area contributed by atoms with Crippen LogP contribution in [-0.2, 0) is 26.1 Å². The molecule has 5 nitrogen and oxygen atoms in total. The van der Waals surface area contributed by atoms with Crippen LogP contribution >= 0.6 is 15.9 Å². The van der Waals surface area contributed by atoms with Crippen LogP contribution < -0.4 is 5.32 Å². The molecule has 0 radical (unpaired) electrons. The lowest BCUT2D eigenvalue weighted by molar-refractivity contribution is -0.140. The van der Waals surface area contributed by atoms with Crippen LogP contribution in [0.5, 0.6) is 0 Å². The molecule has 0 bridgehead atoms. The molecule has 2 N–H and O–H groups in total. The molecular formula is C12H13BrFNO4S. The second-order valence-electron chi connectivity index (χ2n) is 4.08. The Morgan fingerprint density at radius 1 is 1.50 bits per heavy atom. The van der Waals surface area contributed by atoms with Crippen LogP contribution in [0.1, 0.15) is 12.5 Å². The van der Waals surface area contributed by atoms with E-state index in [9.17, 15) is 18.2 Å². The highest BCUT2D eigenvalue weighted by molar-refractivity contribution is 9.10. The minimum Gasteiger partial charge on any atom is -0.480 e. The van der Waals surface area contributed by atoms with Crippen molar-refractivity contribution in [2.24, 2.45) is 0 Å². The van der Waals surface area contributed by atoms with Gasteiger partial charge in [-0.2, -0.15) is 0 Å². The van der Waals surface area contributed by atoms with Gasteiger partial charge in [0, 0.05) is 27.8 Å². The van der Waals surface area contributed by atoms with E-state index in [0.717, 1.165) is 0 Å². The molecule has 0 aliphatic rings. The van der Waals surface area contributed by atoms with Crippen LogP contribution in [0.15, 0.2) is 22.7 Å². The first-order valence-electron chi connectivity index (χ1n) is 5.58. The van der Waals surface area contributed by atoms with Gasteiger partial charge in [0.15, 0.2) is 0 Å². The third-order valence-electron chi connectivity index (χ3n) is 2.36. The van der Waals surface area contributed by atoms with E-state index in [1.807, 2.05) is 0 Å². The minimum absolute atomic E-state index is 0.109. The Labute approximate surface area is 126 Å². The van der Waals surface area contributed by atoms with Crippen molar-refractivity contribution < 1.29 is 23.3 Å². The number of aliphatic carboxylic acids is 1.